The highest BCUT2D eigenvalue weighted by atomic mass is 16.4. The molecule has 1 aromatic carbocycles. The van der Waals surface area contributed by atoms with Crippen LogP contribution in [-0.2, 0) is 9.59 Å². The van der Waals surface area contributed by atoms with Gasteiger partial charge in [-0.2, -0.15) is 0 Å². The Labute approximate surface area is 136 Å². The van der Waals surface area contributed by atoms with Crippen LogP contribution >= 0.6 is 0 Å². The summed E-state index contributed by atoms with van der Waals surface area (Å²) in [5, 5.41) is 12.3. The molecule has 3 rings (SSSR count). The van der Waals surface area contributed by atoms with E-state index in [9.17, 15) is 14.7 Å². The van der Waals surface area contributed by atoms with Crippen LogP contribution < -0.4 is 5.32 Å². The molecule has 1 amide bonds. The van der Waals surface area contributed by atoms with E-state index in [-0.39, 0.29) is 12.3 Å². The largest absolute Gasteiger partial charge is 0.481 e. The minimum atomic E-state index is -0.860. The number of hydrogen-bond donors (Lipinski definition) is 2. The van der Waals surface area contributed by atoms with E-state index in [2.05, 4.69) is 34.5 Å². The molecule has 2 N–H and O–H groups in total. The summed E-state index contributed by atoms with van der Waals surface area (Å²) in [4.78, 5) is 25.4. The van der Waals surface area contributed by atoms with Gasteiger partial charge in [-0.25, -0.2) is 0 Å². The topological polar surface area (TPSA) is 69.6 Å². The lowest BCUT2D eigenvalue weighted by atomic mass is 9.78. The van der Waals surface area contributed by atoms with Crippen molar-refractivity contribution in [3.63, 3.8) is 0 Å². The summed E-state index contributed by atoms with van der Waals surface area (Å²) in [6.07, 6.45) is 5.75. The van der Waals surface area contributed by atoms with Crippen LogP contribution in [0.15, 0.2) is 36.4 Å². The molecule has 2 fully saturated rings. The van der Waals surface area contributed by atoms with Crippen molar-refractivity contribution in [2.75, 3.05) is 19.6 Å². The Morgan fingerprint density at radius 1 is 1.30 bits per heavy atom. The zero-order valence-electron chi connectivity index (χ0n) is 13.1. The van der Waals surface area contributed by atoms with Crippen molar-refractivity contribution in [3.05, 3.63) is 42.0 Å². The number of aliphatic carboxylic acids is 1. The van der Waals surface area contributed by atoms with E-state index in [1.807, 2.05) is 18.2 Å². The second-order valence-electron chi connectivity index (χ2n) is 6.41. The Hall–Kier alpha value is -2.14. The van der Waals surface area contributed by atoms with Crippen LogP contribution in [0.2, 0.25) is 0 Å². The number of carbonyl (C=O) groups is 2. The molecule has 1 aromatic rings. The predicted molar refractivity (Wildman–Crippen MR) is 87.8 cm³/mol. The van der Waals surface area contributed by atoms with Gasteiger partial charge in [-0.05, 0) is 18.4 Å². The summed E-state index contributed by atoms with van der Waals surface area (Å²) in [6, 6.07) is 10.1. The molecule has 122 valence electrons. The van der Waals surface area contributed by atoms with E-state index in [0.29, 0.717) is 12.8 Å². The van der Waals surface area contributed by atoms with Crippen LogP contribution in [0.1, 0.15) is 24.8 Å². The lowest BCUT2D eigenvalue weighted by molar-refractivity contribution is -0.144. The number of carboxylic acid groups (broad SMARTS) is 1. The summed E-state index contributed by atoms with van der Waals surface area (Å²) in [6.45, 7) is 2.46. The van der Waals surface area contributed by atoms with E-state index in [0.717, 1.165) is 19.6 Å². The zero-order valence-corrected chi connectivity index (χ0v) is 13.1. The van der Waals surface area contributed by atoms with Crippen LogP contribution in [0.25, 0.3) is 6.08 Å². The molecule has 0 aliphatic carbocycles. The maximum atomic E-state index is 11.6. The van der Waals surface area contributed by atoms with Crippen molar-refractivity contribution in [2.45, 2.75) is 24.8 Å². The normalized spacial score (nSPS) is 24.2. The van der Waals surface area contributed by atoms with Crippen LogP contribution in [0, 0.1) is 5.92 Å². The van der Waals surface area contributed by atoms with Crippen molar-refractivity contribution in [3.8, 4) is 0 Å². The van der Waals surface area contributed by atoms with Gasteiger partial charge in [0.05, 0.1) is 11.5 Å². The minimum absolute atomic E-state index is 0.114. The quantitative estimate of drug-likeness (QED) is 0.888. The number of carbonyl (C=O) groups excluding carboxylic acids is 1. The van der Waals surface area contributed by atoms with Gasteiger partial charge in [0.25, 0.3) is 0 Å². The second-order valence-corrected chi connectivity index (χ2v) is 6.41. The maximum absolute atomic E-state index is 11.6. The van der Waals surface area contributed by atoms with Crippen molar-refractivity contribution < 1.29 is 14.7 Å². The SMILES string of the molecule is O=C1CC(C(=O)O)C2(CCN(C/C=C/c3ccccc3)CC2)N1. The fourth-order valence-electron chi connectivity index (χ4n) is 3.63. The van der Waals surface area contributed by atoms with E-state index >= 15 is 0 Å². The van der Waals surface area contributed by atoms with Crippen LogP contribution in [0.3, 0.4) is 0 Å². The molecule has 0 saturated carbocycles. The zero-order chi connectivity index (χ0) is 16.3. The number of amides is 1. The standard InChI is InChI=1S/C18H22N2O3/c21-16-13-15(17(22)23)18(19-16)8-11-20(12-9-18)10-4-7-14-5-2-1-3-6-14/h1-7,15H,8-13H2,(H,19,21)(H,22,23)/b7-4+. The lowest BCUT2D eigenvalue weighted by Crippen LogP contribution is -2.55. The first-order valence-corrected chi connectivity index (χ1v) is 8.07. The van der Waals surface area contributed by atoms with Gasteiger partial charge in [-0.1, -0.05) is 42.5 Å². The molecular formula is C18H22N2O3. The van der Waals surface area contributed by atoms with Gasteiger partial charge in [-0.3, -0.25) is 14.5 Å². The Morgan fingerprint density at radius 2 is 2.00 bits per heavy atom. The van der Waals surface area contributed by atoms with Gasteiger partial charge in [0.1, 0.15) is 0 Å². The van der Waals surface area contributed by atoms with Gasteiger partial charge in [-0.15, -0.1) is 0 Å². The smallest absolute Gasteiger partial charge is 0.309 e. The molecule has 1 spiro atoms. The molecule has 5 nitrogen and oxygen atoms in total. The minimum Gasteiger partial charge on any atom is -0.481 e. The average Bonchev–Trinajstić information content (AvgIpc) is 2.87. The molecule has 2 saturated heterocycles. The van der Waals surface area contributed by atoms with Crippen molar-refractivity contribution in [1.29, 1.82) is 0 Å². The summed E-state index contributed by atoms with van der Waals surface area (Å²) in [5.74, 6) is -1.58. The molecule has 5 heteroatoms. The summed E-state index contributed by atoms with van der Waals surface area (Å²) in [7, 11) is 0. The highest BCUT2D eigenvalue weighted by Gasteiger charge is 2.51. The lowest BCUT2D eigenvalue weighted by Gasteiger charge is -2.41. The van der Waals surface area contributed by atoms with E-state index in [1.54, 1.807) is 0 Å². The van der Waals surface area contributed by atoms with Crippen molar-refractivity contribution >= 4 is 18.0 Å². The molecule has 2 aliphatic rings. The Bertz CT molecular complexity index is 604. The fourth-order valence-corrected chi connectivity index (χ4v) is 3.63. The van der Waals surface area contributed by atoms with E-state index < -0.39 is 17.4 Å². The molecule has 1 unspecified atom stereocenters. The first kappa shape index (κ1) is 15.7. The van der Waals surface area contributed by atoms with Gasteiger partial charge in [0, 0.05) is 26.1 Å². The van der Waals surface area contributed by atoms with Gasteiger partial charge >= 0.3 is 5.97 Å². The Morgan fingerprint density at radius 3 is 2.65 bits per heavy atom. The number of rotatable bonds is 4. The van der Waals surface area contributed by atoms with Gasteiger partial charge in [0.2, 0.25) is 5.91 Å². The number of carboxylic acids is 1. The first-order valence-electron chi connectivity index (χ1n) is 8.07. The van der Waals surface area contributed by atoms with Crippen molar-refractivity contribution in [2.24, 2.45) is 5.92 Å². The summed E-state index contributed by atoms with van der Waals surface area (Å²) >= 11 is 0. The highest BCUT2D eigenvalue weighted by Crippen LogP contribution is 2.36. The van der Waals surface area contributed by atoms with Crippen LogP contribution in [0.5, 0.6) is 0 Å². The molecule has 2 aliphatic heterocycles. The second kappa shape index (κ2) is 6.54. The Kier molecular flexibility index (Phi) is 4.48. The number of piperidine rings is 1. The molecule has 0 bridgehead atoms. The average molecular weight is 314 g/mol. The summed E-state index contributed by atoms with van der Waals surface area (Å²) in [5.41, 5.74) is 0.637. The van der Waals surface area contributed by atoms with E-state index in [4.69, 9.17) is 0 Å². The number of nitrogens with zero attached hydrogens (tertiary/aromatic N) is 1. The van der Waals surface area contributed by atoms with Gasteiger partial charge < -0.3 is 10.4 Å². The highest BCUT2D eigenvalue weighted by molar-refractivity contribution is 5.88. The number of benzene rings is 1. The molecular weight excluding hydrogens is 292 g/mol. The first-order chi connectivity index (χ1) is 11.1. The molecule has 0 radical (unpaired) electrons. The molecule has 1 atom stereocenters. The third-order valence-corrected chi connectivity index (χ3v) is 4.96. The Balaban J connectivity index is 1.55. The van der Waals surface area contributed by atoms with Gasteiger partial charge in [0.15, 0.2) is 0 Å². The molecule has 0 aromatic heterocycles. The predicted octanol–water partition coefficient (Wildman–Crippen LogP) is 1.76. The van der Waals surface area contributed by atoms with Crippen molar-refractivity contribution in [1.82, 2.24) is 10.2 Å². The third kappa shape index (κ3) is 3.45. The molecule has 2 heterocycles. The monoisotopic (exact) mass is 314 g/mol. The van der Waals surface area contributed by atoms with Crippen LogP contribution in [0.4, 0.5) is 0 Å². The number of likely N-dealkylation sites (tertiary alicyclic amines) is 1. The fraction of sp³-hybridized carbons (Fsp3) is 0.444. The van der Waals surface area contributed by atoms with Crippen LogP contribution in [-0.4, -0.2) is 47.1 Å². The summed E-state index contributed by atoms with van der Waals surface area (Å²) < 4.78 is 0. The number of hydrogen-bond acceptors (Lipinski definition) is 3. The third-order valence-electron chi connectivity index (χ3n) is 4.96. The van der Waals surface area contributed by atoms with E-state index in [1.165, 1.54) is 5.56 Å². The molecule has 23 heavy (non-hydrogen) atoms. The maximum Gasteiger partial charge on any atom is 0.309 e. The number of nitrogens with one attached hydrogen (secondary N) is 1.